The van der Waals surface area contributed by atoms with Gasteiger partial charge in [-0.15, -0.1) is 0 Å². The van der Waals surface area contributed by atoms with Crippen molar-refractivity contribution in [3.63, 3.8) is 0 Å². The van der Waals surface area contributed by atoms with Gasteiger partial charge in [-0.2, -0.15) is 0 Å². The summed E-state index contributed by atoms with van der Waals surface area (Å²) in [4.78, 5) is 29.2. The molecule has 0 spiro atoms. The van der Waals surface area contributed by atoms with Gasteiger partial charge in [-0.05, 0) is 44.2 Å². The molecule has 29 heavy (non-hydrogen) atoms. The third-order valence-corrected chi connectivity index (χ3v) is 6.59. The van der Waals surface area contributed by atoms with Crippen LogP contribution in [-0.4, -0.2) is 64.4 Å². The highest BCUT2D eigenvalue weighted by Gasteiger charge is 2.31. The van der Waals surface area contributed by atoms with Gasteiger partial charge in [0.1, 0.15) is 0 Å². The van der Waals surface area contributed by atoms with E-state index in [1.807, 2.05) is 21.3 Å². The number of aromatic nitrogens is 2. The second kappa shape index (κ2) is 8.61. The summed E-state index contributed by atoms with van der Waals surface area (Å²) in [5.41, 5.74) is 2.26. The van der Waals surface area contributed by atoms with Gasteiger partial charge in [0.2, 0.25) is 0 Å². The number of ether oxygens (including phenoxy) is 1. The molecule has 7 nitrogen and oxygen atoms in total. The van der Waals surface area contributed by atoms with E-state index in [1.54, 1.807) is 4.90 Å². The van der Waals surface area contributed by atoms with Crippen LogP contribution in [0, 0.1) is 0 Å². The standard InChI is InChI=1S/C22H32N4O3/c1-3-12-25-19-6-4-5-7-20(19)26(21(25)27)18-10-13-23(14-11-18)17-8-15-24(16-9-17)22(28)29-2/h4-7,17-18H,3,8-16H2,1-2H3. The van der Waals surface area contributed by atoms with Crippen LogP contribution in [0.3, 0.4) is 0 Å². The highest BCUT2D eigenvalue weighted by Crippen LogP contribution is 2.29. The van der Waals surface area contributed by atoms with Gasteiger partial charge in [-0.1, -0.05) is 19.1 Å². The maximum atomic E-state index is 13.2. The smallest absolute Gasteiger partial charge is 0.409 e. The number of hydrogen-bond acceptors (Lipinski definition) is 4. The molecule has 0 bridgehead atoms. The number of aryl methyl sites for hydroxylation is 1. The van der Waals surface area contributed by atoms with E-state index in [-0.39, 0.29) is 17.8 Å². The number of carbonyl (C=O) groups excluding carboxylic acids is 1. The van der Waals surface area contributed by atoms with Crippen LogP contribution in [0.25, 0.3) is 11.0 Å². The van der Waals surface area contributed by atoms with E-state index in [9.17, 15) is 9.59 Å². The zero-order valence-corrected chi connectivity index (χ0v) is 17.5. The minimum atomic E-state index is -0.218. The van der Waals surface area contributed by atoms with Crippen molar-refractivity contribution in [2.75, 3.05) is 33.3 Å². The third kappa shape index (κ3) is 3.80. The van der Waals surface area contributed by atoms with E-state index < -0.39 is 0 Å². The predicted octanol–water partition coefficient (Wildman–Crippen LogP) is 3.08. The molecule has 3 heterocycles. The molecule has 2 fully saturated rings. The molecule has 4 rings (SSSR count). The number of benzene rings is 1. The zero-order chi connectivity index (χ0) is 20.4. The van der Waals surface area contributed by atoms with E-state index in [4.69, 9.17) is 4.74 Å². The largest absolute Gasteiger partial charge is 0.453 e. The minimum absolute atomic E-state index is 0.137. The quantitative estimate of drug-likeness (QED) is 0.791. The van der Waals surface area contributed by atoms with E-state index in [1.165, 1.54) is 7.11 Å². The molecule has 2 saturated heterocycles. The fourth-order valence-corrected chi connectivity index (χ4v) is 5.08. The number of carbonyl (C=O) groups is 1. The zero-order valence-electron chi connectivity index (χ0n) is 17.5. The van der Waals surface area contributed by atoms with Crippen LogP contribution in [0.4, 0.5) is 4.79 Å². The molecule has 0 radical (unpaired) electrons. The fraction of sp³-hybridized carbons (Fsp3) is 0.636. The van der Waals surface area contributed by atoms with Crippen molar-refractivity contribution in [3.05, 3.63) is 34.7 Å². The molecule has 1 aromatic heterocycles. The molecule has 0 unspecified atom stereocenters. The Hall–Kier alpha value is -2.28. The number of fused-ring (bicyclic) bond motifs is 1. The van der Waals surface area contributed by atoms with Gasteiger partial charge in [0.25, 0.3) is 0 Å². The van der Waals surface area contributed by atoms with Gasteiger partial charge in [0, 0.05) is 44.8 Å². The van der Waals surface area contributed by atoms with Gasteiger partial charge in [-0.3, -0.25) is 9.13 Å². The molecular formula is C22H32N4O3. The lowest BCUT2D eigenvalue weighted by molar-refractivity contribution is 0.0685. The first kappa shape index (κ1) is 20.0. The van der Waals surface area contributed by atoms with E-state index in [0.717, 1.165) is 75.9 Å². The Bertz CT molecular complexity index is 902. The third-order valence-electron chi connectivity index (χ3n) is 6.59. The second-order valence-electron chi connectivity index (χ2n) is 8.25. The Balaban J connectivity index is 1.44. The Morgan fingerprint density at radius 2 is 1.62 bits per heavy atom. The number of para-hydroxylation sites is 2. The molecule has 1 aromatic carbocycles. The molecule has 2 aromatic rings. The van der Waals surface area contributed by atoms with Crippen molar-refractivity contribution in [1.29, 1.82) is 0 Å². The van der Waals surface area contributed by atoms with Crippen molar-refractivity contribution < 1.29 is 9.53 Å². The van der Waals surface area contributed by atoms with Crippen molar-refractivity contribution >= 4 is 17.1 Å². The Labute approximate surface area is 171 Å². The van der Waals surface area contributed by atoms with E-state index >= 15 is 0 Å². The Morgan fingerprint density at radius 3 is 2.24 bits per heavy atom. The number of amides is 1. The molecule has 7 heteroatoms. The summed E-state index contributed by atoms with van der Waals surface area (Å²) in [6.07, 6.45) is 4.72. The van der Waals surface area contributed by atoms with Crippen molar-refractivity contribution in [2.24, 2.45) is 0 Å². The van der Waals surface area contributed by atoms with Crippen molar-refractivity contribution in [3.8, 4) is 0 Å². The van der Waals surface area contributed by atoms with Crippen LogP contribution in [0.2, 0.25) is 0 Å². The molecule has 0 aliphatic carbocycles. The molecule has 158 valence electrons. The van der Waals surface area contributed by atoms with Crippen LogP contribution in [0.15, 0.2) is 29.1 Å². The number of hydrogen-bond donors (Lipinski definition) is 0. The van der Waals surface area contributed by atoms with Crippen LogP contribution in [0.1, 0.15) is 45.1 Å². The van der Waals surface area contributed by atoms with Crippen LogP contribution < -0.4 is 5.69 Å². The topological polar surface area (TPSA) is 59.7 Å². The number of rotatable bonds is 4. The summed E-state index contributed by atoms with van der Waals surface area (Å²) < 4.78 is 8.82. The number of likely N-dealkylation sites (tertiary alicyclic amines) is 2. The normalized spacial score (nSPS) is 19.7. The lowest BCUT2D eigenvalue weighted by atomic mass is 9.97. The lowest BCUT2D eigenvalue weighted by Crippen LogP contribution is -2.49. The monoisotopic (exact) mass is 400 g/mol. The molecule has 0 atom stereocenters. The summed E-state index contributed by atoms with van der Waals surface area (Å²) in [5, 5.41) is 0. The maximum absolute atomic E-state index is 13.2. The summed E-state index contributed by atoms with van der Waals surface area (Å²) in [5.74, 6) is 0. The molecule has 2 aliphatic heterocycles. The summed E-state index contributed by atoms with van der Waals surface area (Å²) in [6.45, 7) is 6.43. The lowest BCUT2D eigenvalue weighted by Gasteiger charge is -2.41. The molecule has 0 N–H and O–H groups in total. The van der Waals surface area contributed by atoms with E-state index in [0.29, 0.717) is 6.04 Å². The fourth-order valence-electron chi connectivity index (χ4n) is 5.08. The molecule has 1 amide bonds. The van der Waals surface area contributed by atoms with Crippen molar-refractivity contribution in [2.45, 2.75) is 57.7 Å². The highest BCUT2D eigenvalue weighted by atomic mass is 16.5. The van der Waals surface area contributed by atoms with Crippen molar-refractivity contribution in [1.82, 2.24) is 18.9 Å². The van der Waals surface area contributed by atoms with Gasteiger partial charge < -0.3 is 14.5 Å². The summed E-state index contributed by atoms with van der Waals surface area (Å²) in [7, 11) is 1.44. The highest BCUT2D eigenvalue weighted by molar-refractivity contribution is 5.76. The SMILES string of the molecule is CCCn1c(=O)n(C2CCN(C3CCN(C(=O)OC)CC3)CC2)c2ccccc21. The second-order valence-corrected chi connectivity index (χ2v) is 8.25. The summed E-state index contributed by atoms with van der Waals surface area (Å²) >= 11 is 0. The predicted molar refractivity (Wildman–Crippen MR) is 113 cm³/mol. The molecule has 2 aliphatic rings. The average molecular weight is 401 g/mol. The van der Waals surface area contributed by atoms with E-state index in [2.05, 4.69) is 24.0 Å². The number of piperidine rings is 2. The summed E-state index contributed by atoms with van der Waals surface area (Å²) in [6, 6.07) is 8.97. The number of imidazole rings is 1. The Kier molecular flexibility index (Phi) is 5.94. The van der Waals surface area contributed by atoms with Gasteiger partial charge in [-0.25, -0.2) is 9.59 Å². The number of methoxy groups -OCH3 is 1. The average Bonchev–Trinajstić information content (AvgIpc) is 3.05. The first-order valence-corrected chi connectivity index (χ1v) is 10.9. The first-order chi connectivity index (χ1) is 14.1. The van der Waals surface area contributed by atoms with Gasteiger partial charge in [0.15, 0.2) is 0 Å². The maximum Gasteiger partial charge on any atom is 0.409 e. The van der Waals surface area contributed by atoms with Gasteiger partial charge in [0.05, 0.1) is 18.1 Å². The number of nitrogens with zero attached hydrogens (tertiary/aromatic N) is 4. The molecule has 0 saturated carbocycles. The Morgan fingerprint density at radius 1 is 1.00 bits per heavy atom. The van der Waals surface area contributed by atoms with Crippen LogP contribution in [-0.2, 0) is 11.3 Å². The van der Waals surface area contributed by atoms with Crippen LogP contribution in [0.5, 0.6) is 0 Å². The van der Waals surface area contributed by atoms with Gasteiger partial charge >= 0.3 is 11.8 Å². The minimum Gasteiger partial charge on any atom is -0.453 e. The molecular weight excluding hydrogens is 368 g/mol. The first-order valence-electron chi connectivity index (χ1n) is 10.9. The van der Waals surface area contributed by atoms with Crippen LogP contribution >= 0.6 is 0 Å².